The summed E-state index contributed by atoms with van der Waals surface area (Å²) in [5.74, 6) is 0.100. The molecule has 0 unspecified atom stereocenters. The number of rotatable bonds is 7. The Morgan fingerprint density at radius 1 is 1.08 bits per heavy atom. The fraction of sp³-hybridized carbons (Fsp3) is 0.409. The third-order valence-corrected chi connectivity index (χ3v) is 5.18. The van der Waals surface area contributed by atoms with Crippen LogP contribution in [0.1, 0.15) is 30.9 Å². The monoisotopic (exact) mass is 353 g/mol. The van der Waals surface area contributed by atoms with Crippen molar-refractivity contribution in [1.82, 2.24) is 4.90 Å². The Morgan fingerprint density at radius 2 is 1.65 bits per heavy atom. The minimum Gasteiger partial charge on any atom is -0.389 e. The first-order valence-corrected chi connectivity index (χ1v) is 9.30. The number of carbonyl (C=O) groups is 1. The summed E-state index contributed by atoms with van der Waals surface area (Å²) in [7, 11) is 0. The number of amides is 1. The molecule has 2 aromatic carbocycles. The van der Waals surface area contributed by atoms with E-state index < -0.39 is 6.10 Å². The van der Waals surface area contributed by atoms with Gasteiger partial charge >= 0.3 is 0 Å². The molecular weight excluding hydrogens is 326 g/mol. The number of likely N-dealkylation sites (tertiary alicyclic amines) is 1. The summed E-state index contributed by atoms with van der Waals surface area (Å²) < 4.78 is 5.31. The minimum atomic E-state index is -0.666. The zero-order valence-corrected chi connectivity index (χ0v) is 15.3. The van der Waals surface area contributed by atoms with Crippen molar-refractivity contribution in [2.75, 3.05) is 26.3 Å². The molecule has 0 bridgehead atoms. The SMILES string of the molecule is CCOC[C@@H](O)CN1CC(c2ccccc2)(c2ccccc2)CCC1=O. The maximum atomic E-state index is 12.5. The van der Waals surface area contributed by atoms with Crippen molar-refractivity contribution >= 4 is 5.91 Å². The lowest BCUT2D eigenvalue weighted by Crippen LogP contribution is -2.52. The Hall–Kier alpha value is -2.17. The van der Waals surface area contributed by atoms with Crippen molar-refractivity contribution < 1.29 is 14.6 Å². The topological polar surface area (TPSA) is 49.8 Å². The van der Waals surface area contributed by atoms with Gasteiger partial charge in [-0.05, 0) is 24.5 Å². The zero-order chi connectivity index (χ0) is 18.4. The van der Waals surface area contributed by atoms with E-state index in [1.54, 1.807) is 4.90 Å². The fourth-order valence-corrected chi connectivity index (χ4v) is 3.85. The maximum absolute atomic E-state index is 12.5. The molecule has 4 heteroatoms. The number of nitrogens with zero attached hydrogens (tertiary/aromatic N) is 1. The van der Waals surface area contributed by atoms with Gasteiger partial charge in [-0.25, -0.2) is 0 Å². The number of ether oxygens (including phenoxy) is 1. The van der Waals surface area contributed by atoms with Gasteiger partial charge in [0.25, 0.3) is 0 Å². The van der Waals surface area contributed by atoms with Crippen LogP contribution in [0.25, 0.3) is 0 Å². The highest BCUT2D eigenvalue weighted by Crippen LogP contribution is 2.40. The van der Waals surface area contributed by atoms with Crippen LogP contribution in [0.2, 0.25) is 0 Å². The molecule has 4 nitrogen and oxygen atoms in total. The van der Waals surface area contributed by atoms with Gasteiger partial charge in [0, 0.05) is 31.5 Å². The number of carbonyl (C=O) groups excluding carboxylic acids is 1. The van der Waals surface area contributed by atoms with E-state index in [0.29, 0.717) is 26.1 Å². The van der Waals surface area contributed by atoms with Crippen LogP contribution in [0.3, 0.4) is 0 Å². The highest BCUT2D eigenvalue weighted by atomic mass is 16.5. The molecule has 1 amide bonds. The number of piperidine rings is 1. The van der Waals surface area contributed by atoms with Crippen molar-refractivity contribution in [3.8, 4) is 0 Å². The van der Waals surface area contributed by atoms with E-state index in [-0.39, 0.29) is 17.9 Å². The van der Waals surface area contributed by atoms with Crippen molar-refractivity contribution in [1.29, 1.82) is 0 Å². The Labute approximate surface area is 155 Å². The summed E-state index contributed by atoms with van der Waals surface area (Å²) in [4.78, 5) is 14.3. The maximum Gasteiger partial charge on any atom is 0.222 e. The Bertz CT molecular complexity index is 662. The summed E-state index contributed by atoms with van der Waals surface area (Å²) in [6.07, 6.45) is 0.588. The van der Waals surface area contributed by atoms with Crippen LogP contribution in [-0.2, 0) is 14.9 Å². The Morgan fingerprint density at radius 3 is 2.19 bits per heavy atom. The van der Waals surface area contributed by atoms with Crippen LogP contribution in [0, 0.1) is 0 Å². The van der Waals surface area contributed by atoms with E-state index in [4.69, 9.17) is 4.74 Å². The number of hydrogen-bond acceptors (Lipinski definition) is 3. The van der Waals surface area contributed by atoms with Crippen LogP contribution in [-0.4, -0.2) is 48.3 Å². The number of benzene rings is 2. The predicted octanol–water partition coefficient (Wildman–Crippen LogP) is 2.99. The first-order chi connectivity index (χ1) is 12.7. The number of aliphatic hydroxyl groups excluding tert-OH is 1. The predicted molar refractivity (Wildman–Crippen MR) is 102 cm³/mol. The molecule has 1 aliphatic rings. The smallest absolute Gasteiger partial charge is 0.222 e. The molecule has 1 saturated heterocycles. The van der Waals surface area contributed by atoms with Gasteiger partial charge in [0.2, 0.25) is 5.91 Å². The fourth-order valence-electron chi connectivity index (χ4n) is 3.85. The second kappa shape index (κ2) is 8.47. The Balaban J connectivity index is 1.91. The average Bonchev–Trinajstić information content (AvgIpc) is 2.69. The number of hydrogen-bond donors (Lipinski definition) is 1. The van der Waals surface area contributed by atoms with E-state index in [1.807, 2.05) is 43.3 Å². The molecule has 1 N–H and O–H groups in total. The highest BCUT2D eigenvalue weighted by molar-refractivity contribution is 5.78. The number of aliphatic hydroxyl groups is 1. The number of β-amino-alcohol motifs (C(OH)–C–C–N with tert-alkyl or cyclic N) is 1. The van der Waals surface area contributed by atoms with Gasteiger partial charge in [-0.15, -0.1) is 0 Å². The van der Waals surface area contributed by atoms with Gasteiger partial charge in [0.1, 0.15) is 0 Å². The summed E-state index contributed by atoms with van der Waals surface area (Å²) in [6.45, 7) is 3.59. The molecule has 138 valence electrons. The van der Waals surface area contributed by atoms with Crippen LogP contribution in [0.5, 0.6) is 0 Å². The van der Waals surface area contributed by atoms with Gasteiger partial charge in [-0.2, -0.15) is 0 Å². The lowest BCUT2D eigenvalue weighted by atomic mass is 9.69. The highest BCUT2D eigenvalue weighted by Gasteiger charge is 2.41. The van der Waals surface area contributed by atoms with E-state index in [9.17, 15) is 9.90 Å². The van der Waals surface area contributed by atoms with Crippen molar-refractivity contribution in [2.45, 2.75) is 31.3 Å². The molecule has 1 heterocycles. The van der Waals surface area contributed by atoms with Gasteiger partial charge in [-0.3, -0.25) is 4.79 Å². The molecule has 0 aromatic heterocycles. The molecule has 0 spiro atoms. The molecule has 26 heavy (non-hydrogen) atoms. The quantitative estimate of drug-likeness (QED) is 0.832. The first kappa shape index (κ1) is 18.6. The molecule has 1 atom stereocenters. The standard InChI is InChI=1S/C22H27NO3/c1-2-26-16-20(24)15-23-17-22(14-13-21(23)25,18-9-5-3-6-10-18)19-11-7-4-8-12-19/h3-12,20,24H,2,13-17H2,1H3/t20-/m0/s1. The third kappa shape index (κ3) is 3.97. The van der Waals surface area contributed by atoms with Crippen molar-refractivity contribution in [3.05, 3.63) is 71.8 Å². The van der Waals surface area contributed by atoms with Crippen molar-refractivity contribution in [3.63, 3.8) is 0 Å². The molecule has 0 aliphatic carbocycles. The normalized spacial score (nSPS) is 17.9. The molecule has 2 aromatic rings. The minimum absolute atomic E-state index is 0.100. The van der Waals surface area contributed by atoms with E-state index in [1.165, 1.54) is 11.1 Å². The summed E-state index contributed by atoms with van der Waals surface area (Å²) in [5, 5.41) is 10.2. The van der Waals surface area contributed by atoms with Gasteiger partial charge in [-0.1, -0.05) is 60.7 Å². The van der Waals surface area contributed by atoms with Gasteiger partial charge in [0.05, 0.1) is 12.7 Å². The summed E-state index contributed by atoms with van der Waals surface area (Å²) >= 11 is 0. The summed E-state index contributed by atoms with van der Waals surface area (Å²) in [6, 6.07) is 20.8. The molecule has 1 aliphatic heterocycles. The molecule has 1 fully saturated rings. The van der Waals surface area contributed by atoms with Crippen LogP contribution >= 0.6 is 0 Å². The van der Waals surface area contributed by atoms with E-state index >= 15 is 0 Å². The second-order valence-corrected chi connectivity index (χ2v) is 6.90. The second-order valence-electron chi connectivity index (χ2n) is 6.90. The molecule has 0 saturated carbocycles. The first-order valence-electron chi connectivity index (χ1n) is 9.30. The lowest BCUT2D eigenvalue weighted by molar-refractivity contribution is -0.137. The molecule has 3 rings (SSSR count). The van der Waals surface area contributed by atoms with Crippen LogP contribution in [0.4, 0.5) is 0 Å². The largest absolute Gasteiger partial charge is 0.389 e. The van der Waals surface area contributed by atoms with Crippen LogP contribution in [0.15, 0.2) is 60.7 Å². The summed E-state index contributed by atoms with van der Waals surface area (Å²) in [5.41, 5.74) is 2.17. The molecular formula is C22H27NO3. The third-order valence-electron chi connectivity index (χ3n) is 5.18. The Kier molecular flexibility index (Phi) is 6.07. The van der Waals surface area contributed by atoms with Gasteiger partial charge < -0.3 is 14.7 Å². The van der Waals surface area contributed by atoms with Crippen LogP contribution < -0.4 is 0 Å². The van der Waals surface area contributed by atoms with E-state index in [0.717, 1.165) is 6.42 Å². The lowest BCUT2D eigenvalue weighted by Gasteiger charge is -2.44. The van der Waals surface area contributed by atoms with Crippen molar-refractivity contribution in [2.24, 2.45) is 0 Å². The molecule has 0 radical (unpaired) electrons. The average molecular weight is 353 g/mol. The van der Waals surface area contributed by atoms with E-state index in [2.05, 4.69) is 24.3 Å². The van der Waals surface area contributed by atoms with Gasteiger partial charge in [0.15, 0.2) is 0 Å². The zero-order valence-electron chi connectivity index (χ0n) is 15.3.